The molecule has 0 bridgehead atoms. The Labute approximate surface area is 109 Å². The molecule has 0 aromatic heterocycles. The van der Waals surface area contributed by atoms with Gasteiger partial charge in [0.15, 0.2) is 0 Å². The van der Waals surface area contributed by atoms with Crippen LogP contribution in [-0.2, 0) is 4.79 Å². The molecule has 4 heteroatoms. The third-order valence-electron chi connectivity index (χ3n) is 2.99. The van der Waals surface area contributed by atoms with Crippen LogP contribution in [0.5, 0.6) is 5.75 Å². The summed E-state index contributed by atoms with van der Waals surface area (Å²) >= 11 is 0. The number of amides is 1. The molecule has 4 nitrogen and oxygen atoms in total. The first-order valence-corrected chi connectivity index (χ1v) is 6.16. The van der Waals surface area contributed by atoms with Gasteiger partial charge in [-0.3, -0.25) is 4.79 Å². The zero-order chi connectivity index (χ0) is 13.7. The monoisotopic (exact) mass is 250 g/mol. The highest BCUT2D eigenvalue weighted by molar-refractivity contribution is 5.82. The molecular weight excluding hydrogens is 228 g/mol. The summed E-state index contributed by atoms with van der Waals surface area (Å²) < 4.78 is 5.27. The number of carbonyl (C=O) groups excluding carboxylic acids is 1. The van der Waals surface area contributed by atoms with Crippen LogP contribution in [0.2, 0.25) is 0 Å². The van der Waals surface area contributed by atoms with E-state index in [1.165, 1.54) is 0 Å². The number of nitrogens with one attached hydrogen (secondary N) is 1. The maximum Gasteiger partial charge on any atom is 0.237 e. The molecule has 0 fully saturated rings. The molecule has 0 aliphatic heterocycles. The SMILES string of the molecule is COc1ccccc1[C@H](C)NC(=O)[C@@H](N)C(C)C. The van der Waals surface area contributed by atoms with Crippen molar-refractivity contribution >= 4 is 5.91 Å². The van der Waals surface area contributed by atoms with Gasteiger partial charge in [0.25, 0.3) is 0 Å². The number of hydrogen-bond acceptors (Lipinski definition) is 3. The summed E-state index contributed by atoms with van der Waals surface area (Å²) in [6.45, 7) is 5.78. The van der Waals surface area contributed by atoms with Crippen LogP contribution in [0.15, 0.2) is 24.3 Å². The van der Waals surface area contributed by atoms with Gasteiger partial charge >= 0.3 is 0 Å². The van der Waals surface area contributed by atoms with Gasteiger partial charge < -0.3 is 15.8 Å². The van der Waals surface area contributed by atoms with Gasteiger partial charge in [0.2, 0.25) is 5.91 Å². The molecule has 1 aromatic rings. The second-order valence-electron chi connectivity index (χ2n) is 4.74. The van der Waals surface area contributed by atoms with Gasteiger partial charge in [-0.25, -0.2) is 0 Å². The Bertz CT molecular complexity index is 405. The third kappa shape index (κ3) is 3.47. The summed E-state index contributed by atoms with van der Waals surface area (Å²) in [5.41, 5.74) is 6.76. The standard InChI is InChI=1S/C14H22N2O2/c1-9(2)13(15)14(17)16-10(3)11-7-5-6-8-12(11)18-4/h5-10,13H,15H2,1-4H3,(H,16,17)/t10-,13-/m0/s1. The predicted molar refractivity (Wildman–Crippen MR) is 72.4 cm³/mol. The van der Waals surface area contributed by atoms with Crippen LogP contribution in [0.1, 0.15) is 32.4 Å². The van der Waals surface area contributed by atoms with Crippen molar-refractivity contribution in [2.24, 2.45) is 11.7 Å². The van der Waals surface area contributed by atoms with Crippen molar-refractivity contribution < 1.29 is 9.53 Å². The largest absolute Gasteiger partial charge is 0.496 e. The van der Waals surface area contributed by atoms with E-state index in [0.717, 1.165) is 11.3 Å². The molecule has 18 heavy (non-hydrogen) atoms. The highest BCUT2D eigenvalue weighted by Crippen LogP contribution is 2.24. The summed E-state index contributed by atoms with van der Waals surface area (Å²) in [5, 5.41) is 2.91. The van der Waals surface area contributed by atoms with E-state index < -0.39 is 6.04 Å². The van der Waals surface area contributed by atoms with Gasteiger partial charge in [-0.1, -0.05) is 32.0 Å². The first kappa shape index (κ1) is 14.5. The number of rotatable bonds is 5. The summed E-state index contributed by atoms with van der Waals surface area (Å²) in [4.78, 5) is 11.9. The minimum atomic E-state index is -0.484. The molecule has 0 spiro atoms. The number of methoxy groups -OCH3 is 1. The van der Waals surface area contributed by atoms with Gasteiger partial charge in [0.05, 0.1) is 19.2 Å². The minimum Gasteiger partial charge on any atom is -0.496 e. The molecule has 0 saturated heterocycles. The number of benzene rings is 1. The number of hydrogen-bond donors (Lipinski definition) is 2. The van der Waals surface area contributed by atoms with E-state index in [4.69, 9.17) is 10.5 Å². The summed E-state index contributed by atoms with van der Waals surface area (Å²) in [6.07, 6.45) is 0. The van der Waals surface area contributed by atoms with Crippen molar-refractivity contribution in [1.82, 2.24) is 5.32 Å². The first-order chi connectivity index (χ1) is 8.47. The molecular formula is C14H22N2O2. The van der Waals surface area contributed by atoms with E-state index in [0.29, 0.717) is 0 Å². The Morgan fingerprint density at radius 1 is 1.28 bits per heavy atom. The van der Waals surface area contributed by atoms with Crippen LogP contribution in [0.3, 0.4) is 0 Å². The Balaban J connectivity index is 2.76. The lowest BCUT2D eigenvalue weighted by atomic mass is 10.0. The van der Waals surface area contributed by atoms with Crippen molar-refractivity contribution in [1.29, 1.82) is 0 Å². The van der Waals surface area contributed by atoms with Crippen LogP contribution in [-0.4, -0.2) is 19.1 Å². The van der Waals surface area contributed by atoms with Crippen LogP contribution in [0.25, 0.3) is 0 Å². The average Bonchev–Trinajstić information content (AvgIpc) is 2.37. The lowest BCUT2D eigenvalue weighted by Gasteiger charge is -2.21. The highest BCUT2D eigenvalue weighted by Gasteiger charge is 2.20. The Hall–Kier alpha value is -1.55. The van der Waals surface area contributed by atoms with Crippen molar-refractivity contribution in [2.75, 3.05) is 7.11 Å². The number of para-hydroxylation sites is 1. The van der Waals surface area contributed by atoms with E-state index in [9.17, 15) is 4.79 Å². The maximum absolute atomic E-state index is 11.9. The van der Waals surface area contributed by atoms with E-state index in [1.54, 1.807) is 7.11 Å². The van der Waals surface area contributed by atoms with Gasteiger partial charge in [-0.2, -0.15) is 0 Å². The van der Waals surface area contributed by atoms with Crippen LogP contribution in [0.4, 0.5) is 0 Å². The fraction of sp³-hybridized carbons (Fsp3) is 0.500. The third-order valence-corrected chi connectivity index (χ3v) is 2.99. The van der Waals surface area contributed by atoms with Crippen LogP contribution < -0.4 is 15.8 Å². The molecule has 1 rings (SSSR count). The van der Waals surface area contributed by atoms with Gasteiger partial charge in [0, 0.05) is 5.56 Å². The predicted octanol–water partition coefficient (Wildman–Crippen LogP) is 1.86. The van der Waals surface area contributed by atoms with E-state index >= 15 is 0 Å². The molecule has 0 radical (unpaired) electrons. The Morgan fingerprint density at radius 3 is 2.44 bits per heavy atom. The zero-order valence-corrected chi connectivity index (χ0v) is 11.4. The van der Waals surface area contributed by atoms with Crippen molar-refractivity contribution in [3.63, 3.8) is 0 Å². The van der Waals surface area contributed by atoms with Gasteiger partial charge in [-0.05, 0) is 18.9 Å². The van der Waals surface area contributed by atoms with E-state index in [-0.39, 0.29) is 17.9 Å². The Kier molecular flexibility index (Phi) is 5.16. The molecule has 3 N–H and O–H groups in total. The molecule has 0 aliphatic rings. The van der Waals surface area contributed by atoms with Crippen molar-refractivity contribution in [3.8, 4) is 5.75 Å². The summed E-state index contributed by atoms with van der Waals surface area (Å²) in [5.74, 6) is 0.752. The fourth-order valence-electron chi connectivity index (χ4n) is 1.71. The maximum atomic E-state index is 11.9. The summed E-state index contributed by atoms with van der Waals surface area (Å²) in [6, 6.07) is 7.02. The molecule has 0 saturated carbocycles. The number of nitrogens with two attached hydrogens (primary N) is 1. The molecule has 1 aromatic carbocycles. The van der Waals surface area contributed by atoms with E-state index in [1.807, 2.05) is 45.0 Å². The lowest BCUT2D eigenvalue weighted by Crippen LogP contribution is -2.44. The minimum absolute atomic E-state index is 0.120. The van der Waals surface area contributed by atoms with E-state index in [2.05, 4.69) is 5.32 Å². The van der Waals surface area contributed by atoms with Crippen LogP contribution >= 0.6 is 0 Å². The highest BCUT2D eigenvalue weighted by atomic mass is 16.5. The Morgan fingerprint density at radius 2 is 1.89 bits per heavy atom. The van der Waals surface area contributed by atoms with Gasteiger partial charge in [0.1, 0.15) is 5.75 Å². The molecule has 0 unspecified atom stereocenters. The first-order valence-electron chi connectivity index (χ1n) is 6.16. The van der Waals surface area contributed by atoms with Crippen molar-refractivity contribution in [2.45, 2.75) is 32.9 Å². The molecule has 1 amide bonds. The van der Waals surface area contributed by atoms with Crippen molar-refractivity contribution in [3.05, 3.63) is 29.8 Å². The summed E-state index contributed by atoms with van der Waals surface area (Å²) in [7, 11) is 1.62. The number of ether oxygens (including phenoxy) is 1. The number of carbonyl (C=O) groups is 1. The fourth-order valence-corrected chi connectivity index (χ4v) is 1.71. The second kappa shape index (κ2) is 6.40. The smallest absolute Gasteiger partial charge is 0.237 e. The lowest BCUT2D eigenvalue weighted by molar-refractivity contribution is -0.123. The molecule has 0 aliphatic carbocycles. The normalized spacial score (nSPS) is 14.1. The second-order valence-corrected chi connectivity index (χ2v) is 4.74. The zero-order valence-electron chi connectivity index (χ0n) is 11.4. The average molecular weight is 250 g/mol. The van der Waals surface area contributed by atoms with Crippen LogP contribution in [0, 0.1) is 5.92 Å². The van der Waals surface area contributed by atoms with Gasteiger partial charge in [-0.15, -0.1) is 0 Å². The quantitative estimate of drug-likeness (QED) is 0.838. The topological polar surface area (TPSA) is 64.3 Å². The molecule has 0 heterocycles. The molecule has 100 valence electrons. The molecule has 2 atom stereocenters.